The molecule has 0 spiro atoms. The molecule has 1 heterocycles. The molecule has 5 nitrogen and oxygen atoms in total. The Labute approximate surface area is 77.0 Å². The molecule has 1 fully saturated rings. The largest absolute Gasteiger partial charge is 0.375 e. The summed E-state index contributed by atoms with van der Waals surface area (Å²) in [5.74, 6) is -0.0760. The van der Waals surface area contributed by atoms with Crippen molar-refractivity contribution < 1.29 is 14.3 Å². The second-order valence-electron chi connectivity index (χ2n) is 3.13. The molecular formula is C8H14N2O3. The van der Waals surface area contributed by atoms with Crippen molar-refractivity contribution in [1.82, 2.24) is 10.2 Å². The molecule has 0 radical (unpaired) electrons. The third-order valence-corrected chi connectivity index (χ3v) is 1.91. The summed E-state index contributed by atoms with van der Waals surface area (Å²) in [4.78, 5) is 23.4. The highest BCUT2D eigenvalue weighted by atomic mass is 16.5. The first kappa shape index (κ1) is 9.98. The predicted molar refractivity (Wildman–Crippen MR) is 46.1 cm³/mol. The lowest BCUT2D eigenvalue weighted by atomic mass is 10.1. The average molecular weight is 186 g/mol. The van der Waals surface area contributed by atoms with Gasteiger partial charge in [0.15, 0.2) is 0 Å². The first-order valence-electron chi connectivity index (χ1n) is 4.17. The summed E-state index contributed by atoms with van der Waals surface area (Å²) >= 11 is 0. The summed E-state index contributed by atoms with van der Waals surface area (Å²) in [7, 11) is 1.49. The van der Waals surface area contributed by atoms with Crippen LogP contribution in [0.3, 0.4) is 0 Å². The van der Waals surface area contributed by atoms with Crippen LogP contribution in [0.15, 0.2) is 0 Å². The van der Waals surface area contributed by atoms with E-state index in [-0.39, 0.29) is 24.5 Å². The quantitative estimate of drug-likeness (QED) is 0.613. The number of nitrogens with zero attached hydrogens (tertiary/aromatic N) is 1. The first-order valence-corrected chi connectivity index (χ1v) is 4.17. The second-order valence-corrected chi connectivity index (χ2v) is 3.13. The second kappa shape index (κ2) is 4.23. The summed E-state index contributed by atoms with van der Waals surface area (Å²) in [5, 5.41) is 2.73. The molecule has 0 aromatic carbocycles. The van der Waals surface area contributed by atoms with Crippen LogP contribution in [0, 0.1) is 0 Å². The molecule has 13 heavy (non-hydrogen) atoms. The van der Waals surface area contributed by atoms with Gasteiger partial charge in [-0.1, -0.05) is 0 Å². The summed E-state index contributed by atoms with van der Waals surface area (Å²) in [6.45, 7) is 2.79. The van der Waals surface area contributed by atoms with Crippen molar-refractivity contribution in [2.45, 2.75) is 13.0 Å². The molecule has 0 bridgehead atoms. The Morgan fingerprint density at radius 3 is 2.62 bits per heavy atom. The van der Waals surface area contributed by atoms with Gasteiger partial charge in [0, 0.05) is 27.1 Å². The summed E-state index contributed by atoms with van der Waals surface area (Å²) in [5.41, 5.74) is 0. The zero-order chi connectivity index (χ0) is 9.84. The highest BCUT2D eigenvalue weighted by Crippen LogP contribution is 2.07. The minimum Gasteiger partial charge on any atom is -0.375 e. The number of carbonyl (C=O) groups is 2. The number of nitrogens with one attached hydrogen (secondary N) is 1. The average Bonchev–Trinajstić information content (AvgIpc) is 1.95. The Balaban J connectivity index is 2.17. The van der Waals surface area contributed by atoms with E-state index in [4.69, 9.17) is 4.74 Å². The van der Waals surface area contributed by atoms with Crippen molar-refractivity contribution in [3.63, 3.8) is 0 Å². The minimum absolute atomic E-state index is 0.0240. The minimum atomic E-state index is -0.0520. The van der Waals surface area contributed by atoms with Gasteiger partial charge in [-0.25, -0.2) is 0 Å². The van der Waals surface area contributed by atoms with E-state index in [1.54, 1.807) is 4.90 Å². The lowest BCUT2D eigenvalue weighted by molar-refractivity contribution is -0.141. The maximum absolute atomic E-state index is 11.1. The van der Waals surface area contributed by atoms with Crippen molar-refractivity contribution in [2.75, 3.05) is 26.8 Å². The third-order valence-electron chi connectivity index (χ3n) is 1.91. The van der Waals surface area contributed by atoms with E-state index in [0.29, 0.717) is 13.1 Å². The molecule has 0 aromatic rings. The van der Waals surface area contributed by atoms with Crippen molar-refractivity contribution in [3.05, 3.63) is 0 Å². The van der Waals surface area contributed by atoms with Gasteiger partial charge in [0.25, 0.3) is 0 Å². The van der Waals surface area contributed by atoms with Crippen LogP contribution >= 0.6 is 0 Å². The molecule has 0 aliphatic carbocycles. The monoisotopic (exact) mass is 186 g/mol. The zero-order valence-corrected chi connectivity index (χ0v) is 7.87. The number of hydrogen-bond acceptors (Lipinski definition) is 3. The van der Waals surface area contributed by atoms with Crippen LogP contribution in [-0.2, 0) is 14.3 Å². The van der Waals surface area contributed by atoms with Gasteiger partial charge in [0.05, 0.1) is 6.04 Å². The van der Waals surface area contributed by atoms with Crippen molar-refractivity contribution in [3.8, 4) is 0 Å². The van der Waals surface area contributed by atoms with E-state index >= 15 is 0 Å². The molecular weight excluding hydrogens is 172 g/mol. The summed E-state index contributed by atoms with van der Waals surface area (Å²) < 4.78 is 4.70. The Bertz CT molecular complexity index is 211. The fourth-order valence-electron chi connectivity index (χ4n) is 1.28. The highest BCUT2D eigenvalue weighted by Gasteiger charge is 2.30. The number of likely N-dealkylation sites (tertiary alicyclic amines) is 1. The van der Waals surface area contributed by atoms with E-state index < -0.39 is 0 Å². The smallest absolute Gasteiger partial charge is 0.248 e. The maximum atomic E-state index is 11.1. The van der Waals surface area contributed by atoms with Crippen LogP contribution < -0.4 is 5.32 Å². The van der Waals surface area contributed by atoms with E-state index in [2.05, 4.69) is 5.32 Å². The summed E-state index contributed by atoms with van der Waals surface area (Å²) in [6.07, 6.45) is 0. The van der Waals surface area contributed by atoms with Gasteiger partial charge in [-0.05, 0) is 0 Å². The van der Waals surface area contributed by atoms with Gasteiger partial charge >= 0.3 is 0 Å². The SMILES string of the molecule is COCC(=O)N1CC(NC(C)=O)C1. The third kappa shape index (κ3) is 2.69. The standard InChI is InChI=1S/C8H14N2O3/c1-6(11)9-7-3-10(4-7)8(12)5-13-2/h7H,3-5H2,1-2H3,(H,9,11). The van der Waals surface area contributed by atoms with Crippen molar-refractivity contribution in [1.29, 1.82) is 0 Å². The molecule has 0 unspecified atom stereocenters. The molecule has 0 atom stereocenters. The molecule has 0 saturated carbocycles. The Hall–Kier alpha value is -1.10. The lowest BCUT2D eigenvalue weighted by Gasteiger charge is -2.39. The highest BCUT2D eigenvalue weighted by molar-refractivity contribution is 5.79. The fourth-order valence-corrected chi connectivity index (χ4v) is 1.28. The van der Waals surface area contributed by atoms with E-state index in [1.165, 1.54) is 14.0 Å². The van der Waals surface area contributed by atoms with E-state index in [9.17, 15) is 9.59 Å². The number of rotatable bonds is 3. The Morgan fingerprint density at radius 2 is 2.15 bits per heavy atom. The molecule has 1 aliphatic rings. The molecule has 1 N–H and O–H groups in total. The van der Waals surface area contributed by atoms with Crippen LogP contribution in [0.1, 0.15) is 6.92 Å². The molecule has 1 saturated heterocycles. The van der Waals surface area contributed by atoms with Gasteiger partial charge in [0.1, 0.15) is 6.61 Å². The van der Waals surface area contributed by atoms with Crippen molar-refractivity contribution in [2.24, 2.45) is 0 Å². The van der Waals surface area contributed by atoms with Crippen LogP contribution in [0.2, 0.25) is 0 Å². The van der Waals surface area contributed by atoms with Crippen LogP contribution in [-0.4, -0.2) is 49.6 Å². The number of ether oxygens (including phenoxy) is 1. The Morgan fingerprint density at radius 1 is 1.54 bits per heavy atom. The van der Waals surface area contributed by atoms with Gasteiger partial charge in [-0.2, -0.15) is 0 Å². The molecule has 0 aromatic heterocycles. The van der Waals surface area contributed by atoms with E-state index in [0.717, 1.165) is 0 Å². The molecule has 1 rings (SSSR count). The lowest BCUT2D eigenvalue weighted by Crippen LogP contribution is -2.61. The van der Waals surface area contributed by atoms with Gasteiger partial charge in [0.2, 0.25) is 11.8 Å². The van der Waals surface area contributed by atoms with Crippen LogP contribution in [0.25, 0.3) is 0 Å². The summed E-state index contributed by atoms with van der Waals surface area (Å²) in [6, 6.07) is 0.123. The molecule has 5 heteroatoms. The van der Waals surface area contributed by atoms with Crippen molar-refractivity contribution >= 4 is 11.8 Å². The number of carbonyl (C=O) groups excluding carboxylic acids is 2. The first-order chi connectivity index (χ1) is 6.13. The normalized spacial score (nSPS) is 16.6. The topological polar surface area (TPSA) is 58.6 Å². The van der Waals surface area contributed by atoms with Gasteiger partial charge in [-0.15, -0.1) is 0 Å². The number of hydrogen-bond donors (Lipinski definition) is 1. The number of methoxy groups -OCH3 is 1. The van der Waals surface area contributed by atoms with Gasteiger partial charge in [-0.3, -0.25) is 9.59 Å². The predicted octanol–water partition coefficient (Wildman–Crippen LogP) is -1.02. The zero-order valence-electron chi connectivity index (χ0n) is 7.87. The fraction of sp³-hybridized carbons (Fsp3) is 0.750. The number of amides is 2. The molecule has 74 valence electrons. The maximum Gasteiger partial charge on any atom is 0.248 e. The van der Waals surface area contributed by atoms with Crippen LogP contribution in [0.5, 0.6) is 0 Å². The molecule has 1 aliphatic heterocycles. The Kier molecular flexibility index (Phi) is 3.25. The van der Waals surface area contributed by atoms with Crippen LogP contribution in [0.4, 0.5) is 0 Å². The molecule has 2 amide bonds. The van der Waals surface area contributed by atoms with Gasteiger partial charge < -0.3 is 15.0 Å². The van der Waals surface area contributed by atoms with E-state index in [1.807, 2.05) is 0 Å².